The molecule has 4 rings (SSSR count). The highest BCUT2D eigenvalue weighted by molar-refractivity contribution is 7.89. The number of hydrogen-bond acceptors (Lipinski definition) is 5. The summed E-state index contributed by atoms with van der Waals surface area (Å²) in [5.41, 5.74) is 0.123. The van der Waals surface area contributed by atoms with Crippen molar-refractivity contribution in [3.05, 3.63) is 64.2 Å². The van der Waals surface area contributed by atoms with E-state index in [0.717, 1.165) is 6.42 Å². The smallest absolute Gasteiger partial charge is 0.268 e. The highest BCUT2D eigenvalue weighted by atomic mass is 32.2. The van der Waals surface area contributed by atoms with Gasteiger partial charge in [-0.3, -0.25) is 8.75 Å². The predicted molar refractivity (Wildman–Crippen MR) is 113 cm³/mol. The van der Waals surface area contributed by atoms with Crippen LogP contribution in [-0.2, 0) is 16.6 Å². The summed E-state index contributed by atoms with van der Waals surface area (Å²) in [5, 5.41) is 9.01. The second-order valence-electron chi connectivity index (χ2n) is 7.38. The first-order valence-electron chi connectivity index (χ1n) is 9.69. The van der Waals surface area contributed by atoms with Crippen molar-refractivity contribution < 1.29 is 12.8 Å². The maximum Gasteiger partial charge on any atom is 0.271 e. The van der Waals surface area contributed by atoms with Gasteiger partial charge in [0.05, 0.1) is 26.6 Å². The van der Waals surface area contributed by atoms with Gasteiger partial charge in [-0.05, 0) is 61.6 Å². The van der Waals surface area contributed by atoms with E-state index >= 15 is 0 Å². The molecule has 2 heterocycles. The lowest BCUT2D eigenvalue weighted by Gasteiger charge is -2.31. The van der Waals surface area contributed by atoms with Crippen LogP contribution in [0.4, 0.5) is 4.39 Å². The Morgan fingerprint density at radius 1 is 1.13 bits per heavy atom. The number of piperidine rings is 1. The summed E-state index contributed by atoms with van der Waals surface area (Å²) in [6, 6.07) is 12.6. The molecule has 0 spiro atoms. The molecule has 0 atom stereocenters. The molecule has 1 aromatic heterocycles. The number of aryl methyl sites for hydroxylation is 1. The molecule has 3 aromatic rings. The Bertz CT molecular complexity index is 1270. The lowest BCUT2D eigenvalue weighted by molar-refractivity contribution is 0.257. The van der Waals surface area contributed by atoms with E-state index in [1.807, 2.05) is 6.07 Å². The molecule has 0 unspecified atom stereocenters. The predicted octanol–water partition coefficient (Wildman–Crippen LogP) is 3.56. The van der Waals surface area contributed by atoms with Gasteiger partial charge >= 0.3 is 0 Å². The molecule has 0 aliphatic carbocycles. The van der Waals surface area contributed by atoms with Crippen LogP contribution >= 0.6 is 11.5 Å². The topological polar surface area (TPSA) is 83.2 Å². The van der Waals surface area contributed by atoms with E-state index in [4.69, 9.17) is 5.26 Å². The molecule has 156 valence electrons. The maximum atomic E-state index is 13.9. The monoisotopic (exact) mass is 445 g/mol. The van der Waals surface area contributed by atoms with E-state index in [0.29, 0.717) is 48.7 Å². The number of benzene rings is 2. The van der Waals surface area contributed by atoms with Gasteiger partial charge in [0.15, 0.2) is 0 Å². The van der Waals surface area contributed by atoms with E-state index in [9.17, 15) is 17.6 Å². The molecule has 2 aromatic carbocycles. The van der Waals surface area contributed by atoms with Gasteiger partial charge in [-0.1, -0.05) is 17.6 Å². The molecule has 1 aliphatic rings. The van der Waals surface area contributed by atoms with Gasteiger partial charge in [0.25, 0.3) is 5.56 Å². The first kappa shape index (κ1) is 20.7. The number of hydrogen-bond donors (Lipinski definition) is 0. The Hall–Kier alpha value is -2.54. The van der Waals surface area contributed by atoms with Crippen LogP contribution in [0.2, 0.25) is 0 Å². The van der Waals surface area contributed by atoms with Gasteiger partial charge in [0.1, 0.15) is 5.82 Å². The van der Waals surface area contributed by atoms with Crippen LogP contribution in [0, 0.1) is 23.1 Å². The molecule has 0 N–H and O–H groups in total. The van der Waals surface area contributed by atoms with Gasteiger partial charge in [0.2, 0.25) is 10.0 Å². The second-order valence-corrected chi connectivity index (χ2v) is 10.4. The molecule has 1 saturated heterocycles. The van der Waals surface area contributed by atoms with Gasteiger partial charge < -0.3 is 0 Å². The molecule has 6 nitrogen and oxygen atoms in total. The number of aromatic nitrogens is 1. The fraction of sp³-hybridized carbons (Fsp3) is 0.333. The summed E-state index contributed by atoms with van der Waals surface area (Å²) in [4.78, 5) is 12.6. The molecule has 30 heavy (non-hydrogen) atoms. The van der Waals surface area contributed by atoms with E-state index in [1.54, 1.807) is 16.1 Å². The van der Waals surface area contributed by atoms with Crippen molar-refractivity contribution in [1.29, 1.82) is 5.26 Å². The van der Waals surface area contributed by atoms with E-state index in [1.165, 1.54) is 46.2 Å². The van der Waals surface area contributed by atoms with Crippen LogP contribution in [0.3, 0.4) is 0 Å². The Balaban J connectivity index is 1.38. The highest BCUT2D eigenvalue weighted by Crippen LogP contribution is 2.27. The van der Waals surface area contributed by atoms with Crippen molar-refractivity contribution >= 4 is 31.6 Å². The third kappa shape index (κ3) is 3.90. The quantitative estimate of drug-likeness (QED) is 0.601. The van der Waals surface area contributed by atoms with E-state index < -0.39 is 15.8 Å². The minimum Gasteiger partial charge on any atom is -0.268 e. The number of halogens is 1. The molecule has 0 radical (unpaired) electrons. The van der Waals surface area contributed by atoms with Crippen molar-refractivity contribution in [2.75, 3.05) is 13.1 Å². The third-order valence-electron chi connectivity index (χ3n) is 5.56. The van der Waals surface area contributed by atoms with Crippen LogP contribution in [-0.4, -0.2) is 29.8 Å². The number of sulfonamides is 1. The second kappa shape index (κ2) is 8.30. The molecule has 0 bridgehead atoms. The molecule has 1 aliphatic heterocycles. The van der Waals surface area contributed by atoms with Crippen LogP contribution in [0.1, 0.15) is 24.8 Å². The summed E-state index contributed by atoms with van der Waals surface area (Å²) in [6.07, 6.45) is 2.17. The minimum absolute atomic E-state index is 0.144. The molecule has 9 heteroatoms. The summed E-state index contributed by atoms with van der Waals surface area (Å²) < 4.78 is 43.2. The summed E-state index contributed by atoms with van der Waals surface area (Å²) in [7, 11) is -3.58. The van der Waals surface area contributed by atoms with Gasteiger partial charge in [-0.25, -0.2) is 12.8 Å². The molecular weight excluding hydrogens is 425 g/mol. The SMILES string of the molecule is N#Cc1ccc(S(=O)(=O)N2CCC(CCn3sc4cccc(F)c4c3=O)CC2)cc1. The number of rotatable bonds is 5. The normalized spacial score (nSPS) is 16.0. The molecular formula is C21H20FN3O3S2. The van der Waals surface area contributed by atoms with Crippen LogP contribution < -0.4 is 5.56 Å². The summed E-state index contributed by atoms with van der Waals surface area (Å²) >= 11 is 1.27. The van der Waals surface area contributed by atoms with Gasteiger partial charge in [0, 0.05) is 19.6 Å². The van der Waals surface area contributed by atoms with Crippen LogP contribution in [0.15, 0.2) is 52.2 Å². The van der Waals surface area contributed by atoms with Gasteiger partial charge in [-0.15, -0.1) is 0 Å². The van der Waals surface area contributed by atoms with Crippen molar-refractivity contribution in [1.82, 2.24) is 8.26 Å². The van der Waals surface area contributed by atoms with Gasteiger partial charge in [-0.2, -0.15) is 9.57 Å². The van der Waals surface area contributed by atoms with Crippen LogP contribution in [0.5, 0.6) is 0 Å². The zero-order valence-corrected chi connectivity index (χ0v) is 17.8. The Morgan fingerprint density at radius 3 is 2.47 bits per heavy atom. The highest BCUT2D eigenvalue weighted by Gasteiger charge is 2.29. The van der Waals surface area contributed by atoms with E-state index in [-0.39, 0.29) is 15.8 Å². The largest absolute Gasteiger partial charge is 0.271 e. The zero-order valence-electron chi connectivity index (χ0n) is 16.1. The van der Waals surface area contributed by atoms with Crippen molar-refractivity contribution in [3.63, 3.8) is 0 Å². The Morgan fingerprint density at radius 2 is 1.83 bits per heavy atom. The molecule has 0 amide bonds. The Kier molecular flexibility index (Phi) is 5.73. The first-order chi connectivity index (χ1) is 14.4. The van der Waals surface area contributed by atoms with E-state index in [2.05, 4.69) is 0 Å². The summed E-state index contributed by atoms with van der Waals surface area (Å²) in [5.74, 6) is -0.187. The average Bonchev–Trinajstić information content (AvgIpc) is 3.09. The first-order valence-corrected chi connectivity index (χ1v) is 11.9. The fourth-order valence-electron chi connectivity index (χ4n) is 3.81. The Labute approximate surface area is 178 Å². The lowest BCUT2D eigenvalue weighted by Crippen LogP contribution is -2.38. The standard InChI is InChI=1S/C21H20FN3O3S2/c22-18-2-1-3-19-20(18)21(26)25(29-19)13-10-15-8-11-24(12-9-15)30(27,28)17-6-4-16(14-23)5-7-17/h1-7,15H,8-13H2. The van der Waals surface area contributed by atoms with Crippen molar-refractivity contribution in [3.8, 4) is 6.07 Å². The maximum absolute atomic E-state index is 13.9. The third-order valence-corrected chi connectivity index (χ3v) is 8.58. The number of nitriles is 1. The lowest BCUT2D eigenvalue weighted by atomic mass is 9.95. The fourth-order valence-corrected chi connectivity index (χ4v) is 6.30. The average molecular weight is 446 g/mol. The van der Waals surface area contributed by atoms with Crippen molar-refractivity contribution in [2.45, 2.75) is 30.7 Å². The molecule has 0 saturated carbocycles. The van der Waals surface area contributed by atoms with Crippen LogP contribution in [0.25, 0.3) is 10.1 Å². The number of fused-ring (bicyclic) bond motifs is 1. The number of nitrogens with zero attached hydrogens (tertiary/aromatic N) is 3. The van der Waals surface area contributed by atoms with Crippen molar-refractivity contribution in [2.24, 2.45) is 5.92 Å². The summed E-state index contributed by atoms with van der Waals surface area (Å²) in [6.45, 7) is 1.34. The molecule has 1 fully saturated rings. The zero-order chi connectivity index (χ0) is 21.3. The minimum atomic E-state index is -3.58.